The van der Waals surface area contributed by atoms with Crippen LogP contribution in [0, 0.1) is 13.8 Å². The lowest BCUT2D eigenvalue weighted by Crippen LogP contribution is -2.47. The molecule has 1 aliphatic heterocycles. The highest BCUT2D eigenvalue weighted by Gasteiger charge is 2.23. The fourth-order valence-corrected chi connectivity index (χ4v) is 3.33. The number of rotatable bonds is 6. The molecular weight excluding hydrogens is 320 g/mol. The fraction of sp³-hybridized carbons (Fsp3) is 0.526. The van der Waals surface area contributed by atoms with Crippen molar-refractivity contribution in [1.29, 1.82) is 0 Å². The number of benzene rings is 1. The summed E-state index contributed by atoms with van der Waals surface area (Å²) < 4.78 is 11.8. The normalized spacial score (nSPS) is 19.0. The molecule has 2 heterocycles. The number of carboxylic acids is 1. The van der Waals surface area contributed by atoms with Gasteiger partial charge in [-0.05, 0) is 50.2 Å². The van der Waals surface area contributed by atoms with E-state index in [2.05, 4.69) is 36.9 Å². The van der Waals surface area contributed by atoms with Crippen molar-refractivity contribution in [3.8, 4) is 0 Å². The molecule has 1 unspecified atom stereocenters. The Morgan fingerprint density at radius 3 is 2.84 bits per heavy atom. The van der Waals surface area contributed by atoms with Crippen LogP contribution in [0.2, 0.25) is 0 Å². The van der Waals surface area contributed by atoms with Crippen LogP contribution in [0.1, 0.15) is 16.9 Å². The Kier molecular flexibility index (Phi) is 5.42. The molecule has 0 aliphatic carbocycles. The molecule has 1 aromatic carbocycles. The maximum atomic E-state index is 10.8. The molecule has 0 radical (unpaired) electrons. The van der Waals surface area contributed by atoms with Gasteiger partial charge in [-0.1, -0.05) is 0 Å². The Bertz CT molecular complexity index is 716. The zero-order chi connectivity index (χ0) is 18.0. The molecule has 0 spiro atoms. The first-order valence-electron chi connectivity index (χ1n) is 8.64. The second kappa shape index (κ2) is 7.56. The van der Waals surface area contributed by atoms with Gasteiger partial charge in [-0.25, -0.2) is 0 Å². The summed E-state index contributed by atoms with van der Waals surface area (Å²) in [7, 11) is 1.81. The van der Waals surface area contributed by atoms with Gasteiger partial charge in [-0.2, -0.15) is 0 Å². The van der Waals surface area contributed by atoms with E-state index in [0.717, 1.165) is 36.4 Å². The van der Waals surface area contributed by atoms with Crippen molar-refractivity contribution in [2.24, 2.45) is 0 Å². The Morgan fingerprint density at radius 2 is 2.08 bits per heavy atom. The van der Waals surface area contributed by atoms with Gasteiger partial charge in [0, 0.05) is 25.0 Å². The first kappa shape index (κ1) is 17.9. The molecule has 1 aromatic heterocycles. The van der Waals surface area contributed by atoms with Crippen LogP contribution in [0.4, 0.5) is 0 Å². The molecule has 2 aromatic rings. The highest BCUT2D eigenvalue weighted by Crippen LogP contribution is 2.24. The van der Waals surface area contributed by atoms with Gasteiger partial charge >= 0.3 is 5.97 Å². The molecule has 0 saturated carbocycles. The van der Waals surface area contributed by atoms with Crippen LogP contribution in [-0.2, 0) is 16.1 Å². The lowest BCUT2D eigenvalue weighted by Gasteiger charge is -2.34. The molecule has 6 heteroatoms. The van der Waals surface area contributed by atoms with Crippen LogP contribution in [-0.4, -0.2) is 66.8 Å². The summed E-state index contributed by atoms with van der Waals surface area (Å²) >= 11 is 0. The Hall–Kier alpha value is -1.89. The number of hydrogen-bond donors (Lipinski definition) is 1. The van der Waals surface area contributed by atoms with Crippen molar-refractivity contribution >= 4 is 16.9 Å². The van der Waals surface area contributed by atoms with Gasteiger partial charge in [0.05, 0.1) is 25.8 Å². The summed E-state index contributed by atoms with van der Waals surface area (Å²) in [6.07, 6.45) is 0.0203. The predicted octanol–water partition coefficient (Wildman–Crippen LogP) is 2.27. The summed E-state index contributed by atoms with van der Waals surface area (Å²) in [6, 6.07) is 6.38. The van der Waals surface area contributed by atoms with E-state index in [1.807, 2.05) is 0 Å². The van der Waals surface area contributed by atoms with Crippen LogP contribution in [0.3, 0.4) is 0 Å². The molecule has 1 aliphatic rings. The van der Waals surface area contributed by atoms with Crippen molar-refractivity contribution in [1.82, 2.24) is 9.80 Å². The number of ether oxygens (including phenoxy) is 1. The van der Waals surface area contributed by atoms with E-state index in [4.69, 9.17) is 14.3 Å². The zero-order valence-corrected chi connectivity index (χ0v) is 15.1. The summed E-state index contributed by atoms with van der Waals surface area (Å²) in [5.41, 5.74) is 3.44. The monoisotopic (exact) mass is 346 g/mol. The molecule has 0 bridgehead atoms. The number of morpholine rings is 1. The number of aliphatic carboxylic acids is 1. The number of carbonyl (C=O) groups is 1. The number of carboxylic acid groups (broad SMARTS) is 1. The minimum Gasteiger partial charge on any atom is -0.480 e. The van der Waals surface area contributed by atoms with Gasteiger partial charge < -0.3 is 14.3 Å². The maximum absolute atomic E-state index is 10.8. The number of furan rings is 1. The van der Waals surface area contributed by atoms with Crippen LogP contribution in [0.15, 0.2) is 22.6 Å². The smallest absolute Gasteiger partial charge is 0.317 e. The average molecular weight is 346 g/mol. The van der Waals surface area contributed by atoms with Crippen LogP contribution < -0.4 is 0 Å². The molecule has 6 nitrogen and oxygen atoms in total. The van der Waals surface area contributed by atoms with Crippen molar-refractivity contribution in [2.45, 2.75) is 26.5 Å². The van der Waals surface area contributed by atoms with E-state index in [-0.39, 0.29) is 12.6 Å². The standard InChI is InChI=1S/C19H26N2O4/c1-13-6-15-8-16(25-18(15)7-14(13)2)10-21-4-5-24-17(11-21)9-20(3)12-19(22)23/h6-8,17H,4-5,9-12H2,1-3H3,(H,22,23). The van der Waals surface area contributed by atoms with Crippen LogP contribution in [0.5, 0.6) is 0 Å². The van der Waals surface area contributed by atoms with Crippen molar-refractivity contribution in [3.63, 3.8) is 0 Å². The summed E-state index contributed by atoms with van der Waals surface area (Å²) in [5, 5.41) is 10.0. The van der Waals surface area contributed by atoms with Crippen molar-refractivity contribution in [3.05, 3.63) is 35.1 Å². The highest BCUT2D eigenvalue weighted by molar-refractivity contribution is 5.79. The quantitative estimate of drug-likeness (QED) is 0.865. The third-order valence-electron chi connectivity index (χ3n) is 4.71. The van der Waals surface area contributed by atoms with E-state index in [9.17, 15) is 4.79 Å². The third-order valence-corrected chi connectivity index (χ3v) is 4.71. The van der Waals surface area contributed by atoms with E-state index >= 15 is 0 Å². The maximum Gasteiger partial charge on any atom is 0.317 e. The van der Waals surface area contributed by atoms with E-state index in [1.165, 1.54) is 11.1 Å². The van der Waals surface area contributed by atoms with Gasteiger partial charge in [-0.15, -0.1) is 0 Å². The van der Waals surface area contributed by atoms with Gasteiger partial charge in [-0.3, -0.25) is 14.6 Å². The summed E-state index contributed by atoms with van der Waals surface area (Å²) in [4.78, 5) is 14.9. The molecule has 3 rings (SSSR count). The molecule has 1 atom stereocenters. The van der Waals surface area contributed by atoms with Crippen LogP contribution >= 0.6 is 0 Å². The van der Waals surface area contributed by atoms with Gasteiger partial charge in [0.1, 0.15) is 11.3 Å². The third kappa shape index (κ3) is 4.60. The lowest BCUT2D eigenvalue weighted by molar-refractivity contribution is -0.138. The van der Waals surface area contributed by atoms with Gasteiger partial charge in [0.15, 0.2) is 0 Å². The summed E-state index contributed by atoms with van der Waals surface area (Å²) in [5.74, 6) is 0.141. The summed E-state index contributed by atoms with van der Waals surface area (Å²) in [6.45, 7) is 7.88. The van der Waals surface area contributed by atoms with E-state index in [0.29, 0.717) is 13.2 Å². The minimum absolute atomic E-state index is 0.0203. The van der Waals surface area contributed by atoms with Crippen molar-refractivity contribution < 1.29 is 19.1 Å². The second-order valence-corrected chi connectivity index (χ2v) is 7.01. The first-order valence-corrected chi connectivity index (χ1v) is 8.64. The molecular formula is C19H26N2O4. The largest absolute Gasteiger partial charge is 0.480 e. The number of fused-ring (bicyclic) bond motifs is 1. The first-order chi connectivity index (χ1) is 11.9. The number of aryl methyl sites for hydroxylation is 2. The van der Waals surface area contributed by atoms with E-state index < -0.39 is 5.97 Å². The zero-order valence-electron chi connectivity index (χ0n) is 15.1. The number of nitrogens with zero attached hydrogens (tertiary/aromatic N) is 2. The molecule has 1 saturated heterocycles. The van der Waals surface area contributed by atoms with Gasteiger partial charge in [0.25, 0.3) is 0 Å². The number of hydrogen-bond acceptors (Lipinski definition) is 5. The molecule has 1 fully saturated rings. The Morgan fingerprint density at radius 1 is 1.32 bits per heavy atom. The number of likely N-dealkylation sites (N-methyl/N-ethyl adjacent to an activating group) is 1. The highest BCUT2D eigenvalue weighted by atomic mass is 16.5. The lowest BCUT2D eigenvalue weighted by atomic mass is 10.1. The van der Waals surface area contributed by atoms with Crippen molar-refractivity contribution in [2.75, 3.05) is 39.8 Å². The van der Waals surface area contributed by atoms with E-state index in [1.54, 1.807) is 11.9 Å². The SMILES string of the molecule is Cc1cc2cc(CN3CCOC(CN(C)CC(=O)O)C3)oc2cc1C. The predicted molar refractivity (Wildman–Crippen MR) is 95.8 cm³/mol. The fourth-order valence-electron chi connectivity index (χ4n) is 3.33. The van der Waals surface area contributed by atoms with Gasteiger partial charge in [0.2, 0.25) is 0 Å². The Balaban J connectivity index is 1.61. The minimum atomic E-state index is -0.817. The Labute approximate surface area is 148 Å². The molecule has 25 heavy (non-hydrogen) atoms. The topological polar surface area (TPSA) is 66.2 Å². The molecule has 0 amide bonds. The second-order valence-electron chi connectivity index (χ2n) is 7.01. The van der Waals surface area contributed by atoms with Crippen LogP contribution in [0.25, 0.3) is 11.0 Å². The molecule has 1 N–H and O–H groups in total. The molecule has 136 valence electrons. The average Bonchev–Trinajstić information content (AvgIpc) is 2.88.